The van der Waals surface area contributed by atoms with Crippen LogP contribution in [0.1, 0.15) is 16.8 Å². The number of fused-ring (bicyclic) bond motifs is 3. The fraction of sp³-hybridized carbons (Fsp3) is 0.100. The van der Waals surface area contributed by atoms with Gasteiger partial charge in [-0.25, -0.2) is 9.51 Å². The third kappa shape index (κ3) is 0.849. The minimum absolute atomic E-state index is 0.112. The lowest BCUT2D eigenvalue weighted by Crippen LogP contribution is -2.03. The first-order valence-electron chi connectivity index (χ1n) is 4.39. The summed E-state index contributed by atoms with van der Waals surface area (Å²) >= 11 is 0. The van der Waals surface area contributed by atoms with E-state index in [1.165, 1.54) is 0 Å². The van der Waals surface area contributed by atoms with Crippen molar-refractivity contribution in [3.8, 4) is 0 Å². The van der Waals surface area contributed by atoms with Gasteiger partial charge < -0.3 is 0 Å². The van der Waals surface area contributed by atoms with Gasteiger partial charge in [0.25, 0.3) is 0 Å². The molecule has 0 amide bonds. The number of hydrogen-bond acceptors (Lipinski definition) is 3. The normalized spacial score (nSPS) is 14.7. The third-order valence-electron chi connectivity index (χ3n) is 2.30. The molecule has 4 nitrogen and oxygen atoms in total. The Labute approximate surface area is 79.9 Å². The summed E-state index contributed by atoms with van der Waals surface area (Å²) < 4.78 is 1.68. The Balaban J connectivity index is 2.45. The van der Waals surface area contributed by atoms with E-state index >= 15 is 0 Å². The monoisotopic (exact) mass is 185 g/mol. The molecule has 0 saturated carbocycles. The zero-order valence-electron chi connectivity index (χ0n) is 7.34. The SMILES string of the molecule is O=C1CC=Nc2c1cc1cccnn21. The number of hydrogen-bond donors (Lipinski definition) is 0. The van der Waals surface area contributed by atoms with Gasteiger partial charge in [-0.3, -0.25) is 4.79 Å². The van der Waals surface area contributed by atoms with Crippen LogP contribution in [-0.4, -0.2) is 21.6 Å². The van der Waals surface area contributed by atoms with E-state index in [0.29, 0.717) is 17.8 Å². The Bertz CT molecular complexity index is 553. The summed E-state index contributed by atoms with van der Waals surface area (Å²) in [4.78, 5) is 15.7. The van der Waals surface area contributed by atoms with Crippen molar-refractivity contribution in [3.63, 3.8) is 0 Å². The summed E-state index contributed by atoms with van der Waals surface area (Å²) in [6.45, 7) is 0. The number of aromatic nitrogens is 2. The van der Waals surface area contributed by atoms with Crippen molar-refractivity contribution in [2.24, 2.45) is 4.99 Å². The molecule has 0 spiro atoms. The lowest BCUT2D eigenvalue weighted by molar-refractivity contribution is 0.100. The lowest BCUT2D eigenvalue weighted by atomic mass is 10.1. The molecule has 0 saturated heterocycles. The van der Waals surface area contributed by atoms with Crippen LogP contribution in [0.3, 0.4) is 0 Å². The molecule has 0 bridgehead atoms. The van der Waals surface area contributed by atoms with Crippen LogP contribution in [0.2, 0.25) is 0 Å². The molecule has 0 fully saturated rings. The van der Waals surface area contributed by atoms with Crippen molar-refractivity contribution in [1.82, 2.24) is 9.61 Å². The smallest absolute Gasteiger partial charge is 0.172 e. The second-order valence-electron chi connectivity index (χ2n) is 3.18. The van der Waals surface area contributed by atoms with E-state index in [-0.39, 0.29) is 5.78 Å². The highest BCUT2D eigenvalue weighted by Crippen LogP contribution is 2.26. The molecule has 0 N–H and O–H groups in total. The van der Waals surface area contributed by atoms with Gasteiger partial charge in [0.05, 0.1) is 11.1 Å². The summed E-state index contributed by atoms with van der Waals surface area (Å²) in [5.41, 5.74) is 1.58. The fourth-order valence-electron chi connectivity index (χ4n) is 1.65. The molecule has 0 atom stereocenters. The number of nitrogens with zero attached hydrogens (tertiary/aromatic N) is 3. The summed E-state index contributed by atoms with van der Waals surface area (Å²) in [7, 11) is 0. The molecule has 1 aliphatic heterocycles. The lowest BCUT2D eigenvalue weighted by Gasteiger charge is -2.02. The fourth-order valence-corrected chi connectivity index (χ4v) is 1.65. The van der Waals surface area contributed by atoms with Crippen molar-refractivity contribution >= 4 is 23.3 Å². The maximum Gasteiger partial charge on any atom is 0.172 e. The first-order chi connectivity index (χ1) is 6.86. The van der Waals surface area contributed by atoms with Gasteiger partial charge >= 0.3 is 0 Å². The van der Waals surface area contributed by atoms with Crippen molar-refractivity contribution in [2.75, 3.05) is 0 Å². The molecule has 3 heterocycles. The van der Waals surface area contributed by atoms with Gasteiger partial charge in [0, 0.05) is 18.8 Å². The number of aliphatic imine (C=N–C) groups is 1. The van der Waals surface area contributed by atoms with Gasteiger partial charge in [0.2, 0.25) is 0 Å². The first kappa shape index (κ1) is 7.44. The zero-order chi connectivity index (χ0) is 9.54. The average Bonchev–Trinajstić information content (AvgIpc) is 2.59. The predicted octanol–water partition coefficient (Wildman–Crippen LogP) is 1.62. The maximum absolute atomic E-state index is 11.5. The molecule has 68 valence electrons. The molecule has 1 aliphatic rings. The second-order valence-corrected chi connectivity index (χ2v) is 3.18. The van der Waals surface area contributed by atoms with E-state index in [9.17, 15) is 4.79 Å². The van der Waals surface area contributed by atoms with Crippen LogP contribution in [0.15, 0.2) is 29.4 Å². The van der Waals surface area contributed by atoms with E-state index in [1.807, 2.05) is 18.2 Å². The maximum atomic E-state index is 11.5. The largest absolute Gasteiger partial charge is 0.294 e. The Morgan fingerprint density at radius 2 is 2.36 bits per heavy atom. The van der Waals surface area contributed by atoms with Gasteiger partial charge in [0.15, 0.2) is 11.6 Å². The molecule has 0 unspecified atom stereocenters. The Morgan fingerprint density at radius 3 is 3.29 bits per heavy atom. The molecule has 4 heteroatoms. The van der Waals surface area contributed by atoms with Gasteiger partial charge in [-0.1, -0.05) is 0 Å². The number of ketones is 1. The molecule has 0 aliphatic carbocycles. The van der Waals surface area contributed by atoms with Crippen LogP contribution in [-0.2, 0) is 0 Å². The number of carbonyl (C=O) groups excluding carboxylic acids is 1. The van der Waals surface area contributed by atoms with Crippen molar-refractivity contribution in [1.29, 1.82) is 0 Å². The summed E-state index contributed by atoms with van der Waals surface area (Å²) in [6.07, 6.45) is 3.71. The van der Waals surface area contributed by atoms with Crippen LogP contribution in [0.5, 0.6) is 0 Å². The molecular formula is C10H7N3O. The van der Waals surface area contributed by atoms with Crippen LogP contribution in [0.25, 0.3) is 5.52 Å². The van der Waals surface area contributed by atoms with Crippen LogP contribution < -0.4 is 0 Å². The number of rotatable bonds is 0. The van der Waals surface area contributed by atoms with Gasteiger partial charge in [0.1, 0.15) is 0 Å². The predicted molar refractivity (Wildman–Crippen MR) is 52.3 cm³/mol. The van der Waals surface area contributed by atoms with Crippen molar-refractivity contribution in [3.05, 3.63) is 30.0 Å². The highest BCUT2D eigenvalue weighted by Gasteiger charge is 2.18. The van der Waals surface area contributed by atoms with E-state index in [1.54, 1.807) is 16.9 Å². The summed E-state index contributed by atoms with van der Waals surface area (Å²) in [5, 5.41) is 4.14. The standard InChI is InChI=1S/C10H7N3O/c14-9-3-5-11-10-8(9)6-7-2-1-4-12-13(7)10/h1-2,4-6H,3H2. The molecular weight excluding hydrogens is 178 g/mol. The number of carbonyl (C=O) groups is 1. The van der Waals surface area contributed by atoms with Crippen LogP contribution in [0, 0.1) is 0 Å². The quantitative estimate of drug-likeness (QED) is 0.626. The Hall–Kier alpha value is -1.97. The van der Waals surface area contributed by atoms with Crippen molar-refractivity contribution in [2.45, 2.75) is 6.42 Å². The third-order valence-corrected chi connectivity index (χ3v) is 2.30. The highest BCUT2D eigenvalue weighted by atomic mass is 16.1. The molecule has 14 heavy (non-hydrogen) atoms. The molecule has 0 aromatic carbocycles. The van der Waals surface area contributed by atoms with Gasteiger partial charge in [-0.2, -0.15) is 5.10 Å². The van der Waals surface area contributed by atoms with Gasteiger partial charge in [-0.15, -0.1) is 0 Å². The second kappa shape index (κ2) is 2.51. The average molecular weight is 185 g/mol. The van der Waals surface area contributed by atoms with E-state index in [2.05, 4.69) is 10.1 Å². The summed E-state index contributed by atoms with van der Waals surface area (Å²) in [6, 6.07) is 5.59. The minimum atomic E-state index is 0.112. The van der Waals surface area contributed by atoms with Gasteiger partial charge in [-0.05, 0) is 18.2 Å². The van der Waals surface area contributed by atoms with Crippen LogP contribution in [0.4, 0.5) is 5.82 Å². The van der Waals surface area contributed by atoms with Crippen LogP contribution >= 0.6 is 0 Å². The number of Topliss-reactive ketones (excluding diaryl/α,β-unsaturated/α-hetero) is 1. The zero-order valence-corrected chi connectivity index (χ0v) is 7.34. The van der Waals surface area contributed by atoms with Crippen molar-refractivity contribution < 1.29 is 4.79 Å². The highest BCUT2D eigenvalue weighted by molar-refractivity contribution is 6.10. The minimum Gasteiger partial charge on any atom is -0.294 e. The first-order valence-corrected chi connectivity index (χ1v) is 4.39. The Morgan fingerprint density at radius 1 is 1.43 bits per heavy atom. The van der Waals surface area contributed by atoms with E-state index in [4.69, 9.17) is 0 Å². The molecule has 2 aromatic rings. The molecule has 0 radical (unpaired) electrons. The summed E-state index contributed by atoms with van der Waals surface area (Å²) in [5.74, 6) is 0.761. The molecule has 2 aromatic heterocycles. The van der Waals surface area contributed by atoms with E-state index in [0.717, 1.165) is 5.52 Å². The van der Waals surface area contributed by atoms with E-state index < -0.39 is 0 Å². The Kier molecular flexibility index (Phi) is 1.33. The molecule has 3 rings (SSSR count). The topological polar surface area (TPSA) is 46.7 Å².